The van der Waals surface area contributed by atoms with Crippen molar-refractivity contribution in [2.24, 2.45) is 5.92 Å². The molecule has 3 fully saturated rings. The van der Waals surface area contributed by atoms with Crippen LogP contribution in [0.4, 0.5) is 0 Å². The van der Waals surface area contributed by atoms with E-state index in [1.54, 1.807) is 11.3 Å². The highest BCUT2D eigenvalue weighted by Gasteiger charge is 2.35. The molecule has 1 N–H and O–H groups in total. The van der Waals surface area contributed by atoms with Crippen LogP contribution in [-0.2, 0) is 0 Å². The molecule has 3 aromatic rings. The van der Waals surface area contributed by atoms with Gasteiger partial charge in [-0.05, 0) is 54.4 Å². The smallest absolute Gasteiger partial charge is 0.123 e. The van der Waals surface area contributed by atoms with Crippen LogP contribution in [0.15, 0.2) is 48.0 Å². The second kappa shape index (κ2) is 7.70. The van der Waals surface area contributed by atoms with E-state index in [1.165, 1.54) is 41.9 Å². The molecule has 26 heavy (non-hydrogen) atoms. The number of piperidine rings is 3. The minimum atomic E-state index is 0.502. The maximum Gasteiger partial charge on any atom is 0.123 e. The Bertz CT molecular complexity index is 836. The number of benzene rings is 1. The van der Waals surface area contributed by atoms with Gasteiger partial charge in [0.15, 0.2) is 0 Å². The first-order chi connectivity index (χ1) is 12.9. The van der Waals surface area contributed by atoms with Crippen molar-refractivity contribution in [1.82, 2.24) is 19.9 Å². The lowest BCUT2D eigenvalue weighted by molar-refractivity contribution is 0.0504. The first kappa shape index (κ1) is 17.4. The lowest BCUT2D eigenvalue weighted by Gasteiger charge is -2.44. The molecule has 0 radical (unpaired) electrons. The molecule has 5 heterocycles. The second-order valence-electron chi connectivity index (χ2n) is 6.85. The molecule has 3 aliphatic heterocycles. The lowest BCUT2D eigenvalue weighted by Crippen LogP contribution is -2.48. The Labute approximate surface area is 157 Å². The minimum Gasteiger partial charge on any atom is -0.400 e. The average molecular weight is 369 g/mol. The molecule has 3 saturated heterocycles. The molecule has 2 bridgehead atoms. The van der Waals surface area contributed by atoms with Crippen LogP contribution in [-0.4, -0.2) is 51.7 Å². The summed E-state index contributed by atoms with van der Waals surface area (Å²) in [6, 6.07) is 13.2. The van der Waals surface area contributed by atoms with Gasteiger partial charge in [-0.25, -0.2) is 4.68 Å². The topological polar surface area (TPSA) is 54.2 Å². The molecule has 0 aliphatic carbocycles. The van der Waals surface area contributed by atoms with E-state index in [-0.39, 0.29) is 0 Å². The van der Waals surface area contributed by atoms with Crippen LogP contribution in [0.1, 0.15) is 18.9 Å². The molecule has 0 spiro atoms. The van der Waals surface area contributed by atoms with Gasteiger partial charge >= 0.3 is 0 Å². The van der Waals surface area contributed by atoms with E-state index in [2.05, 4.69) is 67.9 Å². The first-order valence-electron chi connectivity index (χ1n) is 9.10. The third kappa shape index (κ3) is 3.32. The van der Waals surface area contributed by atoms with Gasteiger partial charge < -0.3 is 10.0 Å². The summed E-state index contributed by atoms with van der Waals surface area (Å²) in [5.41, 5.74) is 3.51. The van der Waals surface area contributed by atoms with E-state index < -0.39 is 0 Å². The van der Waals surface area contributed by atoms with Crippen molar-refractivity contribution in [2.75, 3.05) is 26.7 Å². The number of nitrogens with zero attached hydrogens (tertiary/aromatic N) is 4. The zero-order valence-corrected chi connectivity index (χ0v) is 15.8. The fraction of sp³-hybridized carbons (Fsp3) is 0.400. The summed E-state index contributed by atoms with van der Waals surface area (Å²) < 4.78 is 2.12. The third-order valence-corrected chi connectivity index (χ3v) is 6.38. The standard InChI is InChI=1S/C19H20N4S.CH4O/c1-2-4-14(5-3-1)16-10-19(24-13-16)17-11-23(21-20-17)18-12-22-8-6-15(18)7-9-22;1-2/h1-5,10-11,13,15,18H,6-9,12H2;2H,1H3/t18-;/m0./s1. The SMILES string of the molecule is CO.c1ccc(-c2csc(-c3cn([C@H]4CN5CCC4CC5)nn3)c2)cc1. The molecule has 5 nitrogen and oxygen atoms in total. The number of fused-ring (bicyclic) bond motifs is 3. The summed E-state index contributed by atoms with van der Waals surface area (Å²) in [6.07, 6.45) is 4.75. The van der Waals surface area contributed by atoms with Crippen LogP contribution < -0.4 is 0 Å². The molecule has 0 saturated carbocycles. The van der Waals surface area contributed by atoms with Gasteiger partial charge in [-0.2, -0.15) is 0 Å². The molecule has 0 amide bonds. The van der Waals surface area contributed by atoms with E-state index in [0.717, 1.165) is 25.3 Å². The van der Waals surface area contributed by atoms with Crippen LogP contribution in [0.25, 0.3) is 21.7 Å². The highest BCUT2D eigenvalue weighted by atomic mass is 32.1. The quantitative estimate of drug-likeness (QED) is 0.768. The highest BCUT2D eigenvalue weighted by molar-refractivity contribution is 7.14. The van der Waals surface area contributed by atoms with Crippen molar-refractivity contribution in [2.45, 2.75) is 18.9 Å². The predicted molar refractivity (Wildman–Crippen MR) is 105 cm³/mol. The number of aliphatic hydroxyl groups excluding tert-OH is 1. The zero-order chi connectivity index (χ0) is 17.9. The summed E-state index contributed by atoms with van der Waals surface area (Å²) in [6.45, 7) is 3.65. The number of rotatable bonds is 3. The zero-order valence-electron chi connectivity index (χ0n) is 15.0. The van der Waals surface area contributed by atoms with Gasteiger partial charge in [0, 0.05) is 13.7 Å². The Morgan fingerprint density at radius 3 is 2.54 bits per heavy atom. The third-order valence-electron chi connectivity index (χ3n) is 5.43. The Hall–Kier alpha value is -2.02. The molecule has 0 unspecified atom stereocenters. The molecule has 3 aliphatic rings. The van der Waals surface area contributed by atoms with Gasteiger partial charge in [0.25, 0.3) is 0 Å². The van der Waals surface area contributed by atoms with Crippen LogP contribution in [0.2, 0.25) is 0 Å². The van der Waals surface area contributed by atoms with E-state index in [1.807, 2.05) is 0 Å². The Morgan fingerprint density at radius 2 is 1.85 bits per heavy atom. The minimum absolute atomic E-state index is 0.502. The van der Waals surface area contributed by atoms with Gasteiger partial charge in [-0.15, -0.1) is 16.4 Å². The normalized spacial score (nSPS) is 24.2. The number of hydrogen-bond acceptors (Lipinski definition) is 5. The first-order valence-corrected chi connectivity index (χ1v) is 9.98. The second-order valence-corrected chi connectivity index (χ2v) is 7.77. The monoisotopic (exact) mass is 368 g/mol. The Kier molecular flexibility index (Phi) is 5.15. The van der Waals surface area contributed by atoms with E-state index in [9.17, 15) is 0 Å². The van der Waals surface area contributed by atoms with Crippen molar-refractivity contribution >= 4 is 11.3 Å². The number of aromatic nitrogens is 3. The molecular weight excluding hydrogens is 344 g/mol. The summed E-state index contributed by atoms with van der Waals surface area (Å²) in [5, 5.41) is 18.1. The maximum absolute atomic E-state index is 7.00. The Morgan fingerprint density at radius 1 is 1.08 bits per heavy atom. The van der Waals surface area contributed by atoms with Gasteiger partial charge in [-0.1, -0.05) is 35.5 Å². The molecule has 2 aromatic heterocycles. The summed E-state index contributed by atoms with van der Waals surface area (Å²) in [7, 11) is 1.00. The summed E-state index contributed by atoms with van der Waals surface area (Å²) >= 11 is 1.75. The van der Waals surface area contributed by atoms with Crippen molar-refractivity contribution in [3.63, 3.8) is 0 Å². The molecule has 1 atom stereocenters. The predicted octanol–water partition coefficient (Wildman–Crippen LogP) is 3.55. The Balaban J connectivity index is 0.000000814. The molecular formula is C20H24N4OS. The van der Waals surface area contributed by atoms with E-state index in [0.29, 0.717) is 6.04 Å². The van der Waals surface area contributed by atoms with Crippen LogP contribution in [0, 0.1) is 5.92 Å². The maximum atomic E-state index is 7.00. The molecule has 136 valence electrons. The van der Waals surface area contributed by atoms with Crippen molar-refractivity contribution in [3.05, 3.63) is 48.0 Å². The molecule has 6 heteroatoms. The summed E-state index contributed by atoms with van der Waals surface area (Å²) in [5.74, 6) is 0.771. The highest BCUT2D eigenvalue weighted by Crippen LogP contribution is 2.36. The fourth-order valence-corrected chi connectivity index (χ4v) is 4.91. The molecule has 1 aromatic carbocycles. The van der Waals surface area contributed by atoms with E-state index in [4.69, 9.17) is 5.11 Å². The van der Waals surface area contributed by atoms with Gasteiger partial charge in [0.2, 0.25) is 0 Å². The number of hydrogen-bond donors (Lipinski definition) is 1. The van der Waals surface area contributed by atoms with Crippen LogP contribution in [0.5, 0.6) is 0 Å². The van der Waals surface area contributed by atoms with Gasteiger partial charge in [0.05, 0.1) is 17.1 Å². The van der Waals surface area contributed by atoms with E-state index >= 15 is 0 Å². The van der Waals surface area contributed by atoms with Crippen LogP contribution >= 0.6 is 11.3 Å². The largest absolute Gasteiger partial charge is 0.400 e. The molecule has 6 rings (SSSR count). The van der Waals surface area contributed by atoms with Crippen LogP contribution in [0.3, 0.4) is 0 Å². The average Bonchev–Trinajstić information content (AvgIpc) is 3.41. The number of thiophene rings is 1. The van der Waals surface area contributed by atoms with Gasteiger partial charge in [0.1, 0.15) is 5.69 Å². The van der Waals surface area contributed by atoms with Crippen molar-refractivity contribution in [1.29, 1.82) is 0 Å². The number of aliphatic hydroxyl groups is 1. The lowest BCUT2D eigenvalue weighted by atomic mass is 9.84. The van der Waals surface area contributed by atoms with Gasteiger partial charge in [-0.3, -0.25) is 0 Å². The van der Waals surface area contributed by atoms with Crippen molar-refractivity contribution < 1.29 is 5.11 Å². The summed E-state index contributed by atoms with van der Waals surface area (Å²) in [4.78, 5) is 3.76. The fourth-order valence-electron chi connectivity index (χ4n) is 4.04. The van der Waals surface area contributed by atoms with Crippen molar-refractivity contribution in [3.8, 4) is 21.7 Å².